The molecule has 2 aromatic carbocycles. The molecule has 0 aliphatic carbocycles. The number of carbonyl (C=O) groups excluding carboxylic acids is 2. The Morgan fingerprint density at radius 2 is 1.96 bits per heavy atom. The molecule has 7 nitrogen and oxygen atoms in total. The molecule has 0 saturated heterocycles. The Labute approximate surface area is 163 Å². The summed E-state index contributed by atoms with van der Waals surface area (Å²) in [7, 11) is 1.30. The summed E-state index contributed by atoms with van der Waals surface area (Å²) in [5.74, 6) is -0.530. The molecule has 0 fully saturated rings. The van der Waals surface area contributed by atoms with Crippen molar-refractivity contribution >= 4 is 44.4 Å². The summed E-state index contributed by atoms with van der Waals surface area (Å²) in [5.41, 5.74) is 2.39. The molecule has 0 spiro atoms. The molecule has 1 N–H and O–H groups in total. The van der Waals surface area contributed by atoms with Gasteiger partial charge in [0.05, 0.1) is 23.6 Å². The average Bonchev–Trinajstić information content (AvgIpc) is 2.67. The van der Waals surface area contributed by atoms with Gasteiger partial charge in [0.2, 0.25) is 5.88 Å². The fourth-order valence-electron chi connectivity index (χ4n) is 2.44. The number of aromatic nitrogens is 2. The van der Waals surface area contributed by atoms with Gasteiger partial charge in [-0.3, -0.25) is 4.79 Å². The molecule has 0 bridgehead atoms. The average molecular weight is 430 g/mol. The topological polar surface area (TPSA) is 90.4 Å². The van der Waals surface area contributed by atoms with Gasteiger partial charge in [-0.25, -0.2) is 14.8 Å². The highest BCUT2D eigenvalue weighted by molar-refractivity contribution is 9.10. The fraction of sp³-hybridized carbons (Fsp3) is 0.158. The number of hydrogen-bond acceptors (Lipinski definition) is 6. The van der Waals surface area contributed by atoms with E-state index in [9.17, 15) is 9.59 Å². The molecule has 0 saturated carbocycles. The highest BCUT2D eigenvalue weighted by atomic mass is 79.9. The summed E-state index contributed by atoms with van der Waals surface area (Å²) in [4.78, 5) is 32.2. The van der Waals surface area contributed by atoms with E-state index in [2.05, 4.69) is 31.2 Å². The smallest absolute Gasteiger partial charge is 0.337 e. The molecule has 0 atom stereocenters. The van der Waals surface area contributed by atoms with E-state index in [1.807, 2.05) is 25.1 Å². The van der Waals surface area contributed by atoms with E-state index >= 15 is 0 Å². The van der Waals surface area contributed by atoms with E-state index < -0.39 is 5.97 Å². The van der Waals surface area contributed by atoms with Gasteiger partial charge < -0.3 is 14.8 Å². The number of hydrogen-bond donors (Lipinski definition) is 1. The van der Waals surface area contributed by atoms with E-state index in [0.29, 0.717) is 28.0 Å². The SMILES string of the molecule is COC(=O)c1ccc(C)c(NC(=O)COc2ncnc3ccc(Br)cc23)c1. The Balaban J connectivity index is 1.72. The highest BCUT2D eigenvalue weighted by Gasteiger charge is 2.12. The minimum atomic E-state index is -0.472. The molecule has 138 valence electrons. The van der Waals surface area contributed by atoms with Gasteiger partial charge >= 0.3 is 5.97 Å². The molecule has 1 aromatic heterocycles. The predicted octanol–water partition coefficient (Wildman–Crippen LogP) is 3.50. The van der Waals surface area contributed by atoms with Crippen LogP contribution < -0.4 is 10.1 Å². The van der Waals surface area contributed by atoms with Gasteiger partial charge in [-0.05, 0) is 42.8 Å². The second-order valence-corrected chi connectivity index (χ2v) is 6.61. The number of nitrogens with zero attached hydrogens (tertiary/aromatic N) is 2. The number of carbonyl (C=O) groups is 2. The zero-order valence-electron chi connectivity index (χ0n) is 14.7. The first-order chi connectivity index (χ1) is 13.0. The molecule has 3 aromatic rings. The predicted molar refractivity (Wildman–Crippen MR) is 104 cm³/mol. The number of esters is 1. The van der Waals surface area contributed by atoms with Crippen LogP contribution in [0.4, 0.5) is 5.69 Å². The number of benzene rings is 2. The molecule has 0 radical (unpaired) electrons. The van der Waals surface area contributed by atoms with Crippen LogP contribution in [0.15, 0.2) is 47.2 Å². The number of methoxy groups -OCH3 is 1. The quantitative estimate of drug-likeness (QED) is 0.624. The van der Waals surface area contributed by atoms with E-state index in [0.717, 1.165) is 10.0 Å². The van der Waals surface area contributed by atoms with Crippen molar-refractivity contribution in [2.24, 2.45) is 0 Å². The standard InChI is InChI=1S/C19H16BrN3O4/c1-11-3-4-12(19(25)26-2)7-16(11)23-17(24)9-27-18-14-8-13(20)5-6-15(14)21-10-22-18/h3-8,10H,9H2,1-2H3,(H,23,24). The summed E-state index contributed by atoms with van der Waals surface area (Å²) in [6.45, 7) is 1.59. The highest BCUT2D eigenvalue weighted by Crippen LogP contribution is 2.25. The van der Waals surface area contributed by atoms with Gasteiger partial charge in [0.25, 0.3) is 5.91 Å². The van der Waals surface area contributed by atoms with Gasteiger partial charge in [0.1, 0.15) is 6.33 Å². The number of anilines is 1. The van der Waals surface area contributed by atoms with Crippen LogP contribution in [0.2, 0.25) is 0 Å². The number of ether oxygens (including phenoxy) is 2. The van der Waals surface area contributed by atoms with Crippen molar-refractivity contribution in [3.63, 3.8) is 0 Å². The van der Waals surface area contributed by atoms with Crippen LogP contribution in [0.5, 0.6) is 5.88 Å². The minimum absolute atomic E-state index is 0.236. The third kappa shape index (κ3) is 4.40. The maximum atomic E-state index is 12.3. The number of amides is 1. The lowest BCUT2D eigenvalue weighted by Gasteiger charge is -2.11. The monoisotopic (exact) mass is 429 g/mol. The summed E-state index contributed by atoms with van der Waals surface area (Å²) < 4.78 is 11.1. The summed E-state index contributed by atoms with van der Waals surface area (Å²) >= 11 is 3.39. The number of halogens is 1. The Morgan fingerprint density at radius 3 is 2.74 bits per heavy atom. The second kappa shape index (κ2) is 8.13. The maximum Gasteiger partial charge on any atom is 0.337 e. The first kappa shape index (κ1) is 18.8. The van der Waals surface area contributed by atoms with Crippen LogP contribution in [-0.4, -0.2) is 35.6 Å². The number of nitrogens with one attached hydrogen (secondary N) is 1. The fourth-order valence-corrected chi connectivity index (χ4v) is 2.80. The summed E-state index contributed by atoms with van der Waals surface area (Å²) in [5, 5.41) is 3.43. The van der Waals surface area contributed by atoms with Crippen molar-refractivity contribution in [1.82, 2.24) is 9.97 Å². The van der Waals surface area contributed by atoms with Crippen molar-refractivity contribution in [2.75, 3.05) is 19.0 Å². The first-order valence-corrected chi connectivity index (χ1v) is 8.79. The van der Waals surface area contributed by atoms with Crippen LogP contribution in [0, 0.1) is 6.92 Å². The van der Waals surface area contributed by atoms with E-state index in [1.54, 1.807) is 18.2 Å². The van der Waals surface area contributed by atoms with Gasteiger partial charge in [-0.1, -0.05) is 22.0 Å². The Morgan fingerprint density at radius 1 is 1.15 bits per heavy atom. The Bertz CT molecular complexity index is 1020. The molecule has 3 rings (SSSR count). The van der Waals surface area contributed by atoms with Crippen LogP contribution in [-0.2, 0) is 9.53 Å². The molecule has 0 unspecified atom stereocenters. The molecule has 0 aliphatic rings. The molecule has 27 heavy (non-hydrogen) atoms. The van der Waals surface area contributed by atoms with Crippen LogP contribution in [0.1, 0.15) is 15.9 Å². The van der Waals surface area contributed by atoms with Crippen molar-refractivity contribution in [2.45, 2.75) is 6.92 Å². The van der Waals surface area contributed by atoms with Gasteiger partial charge in [-0.2, -0.15) is 0 Å². The lowest BCUT2D eigenvalue weighted by Crippen LogP contribution is -2.21. The van der Waals surface area contributed by atoms with Crippen LogP contribution in [0.3, 0.4) is 0 Å². The van der Waals surface area contributed by atoms with Crippen LogP contribution >= 0.6 is 15.9 Å². The van der Waals surface area contributed by atoms with Gasteiger partial charge in [0, 0.05) is 10.2 Å². The zero-order valence-corrected chi connectivity index (χ0v) is 16.2. The van der Waals surface area contributed by atoms with E-state index in [1.165, 1.54) is 13.4 Å². The first-order valence-electron chi connectivity index (χ1n) is 8.00. The molecular weight excluding hydrogens is 414 g/mol. The Hall–Kier alpha value is -3.00. The molecule has 0 aliphatic heterocycles. The zero-order chi connectivity index (χ0) is 19.4. The third-order valence-electron chi connectivity index (χ3n) is 3.83. The molecule has 8 heteroatoms. The second-order valence-electron chi connectivity index (χ2n) is 5.70. The number of aryl methyl sites for hydroxylation is 1. The van der Waals surface area contributed by atoms with Crippen LogP contribution in [0.25, 0.3) is 10.9 Å². The van der Waals surface area contributed by atoms with Gasteiger partial charge in [0.15, 0.2) is 6.61 Å². The molecule has 1 amide bonds. The molecule has 1 heterocycles. The maximum absolute atomic E-state index is 12.3. The lowest BCUT2D eigenvalue weighted by atomic mass is 10.1. The number of fused-ring (bicyclic) bond motifs is 1. The van der Waals surface area contributed by atoms with E-state index in [4.69, 9.17) is 9.47 Å². The normalized spacial score (nSPS) is 10.5. The molecular formula is C19H16BrN3O4. The van der Waals surface area contributed by atoms with E-state index in [-0.39, 0.29) is 12.5 Å². The summed E-state index contributed by atoms with van der Waals surface area (Å²) in [6.07, 6.45) is 1.38. The van der Waals surface area contributed by atoms with Crippen molar-refractivity contribution in [3.8, 4) is 5.88 Å². The van der Waals surface area contributed by atoms with Crippen molar-refractivity contribution in [1.29, 1.82) is 0 Å². The summed E-state index contributed by atoms with van der Waals surface area (Å²) in [6, 6.07) is 10.5. The van der Waals surface area contributed by atoms with Gasteiger partial charge in [-0.15, -0.1) is 0 Å². The largest absolute Gasteiger partial charge is 0.467 e. The third-order valence-corrected chi connectivity index (χ3v) is 4.33. The van der Waals surface area contributed by atoms with Crippen molar-refractivity contribution in [3.05, 3.63) is 58.3 Å². The minimum Gasteiger partial charge on any atom is -0.467 e. The lowest BCUT2D eigenvalue weighted by molar-refractivity contribution is -0.118. The van der Waals surface area contributed by atoms with Crippen molar-refractivity contribution < 1.29 is 19.1 Å². The Kier molecular flexibility index (Phi) is 5.66. The number of rotatable bonds is 5.